The van der Waals surface area contributed by atoms with E-state index in [2.05, 4.69) is 18.2 Å². The average Bonchev–Trinajstić information content (AvgIpc) is 2.83. The molecule has 0 radical (unpaired) electrons. The van der Waals surface area contributed by atoms with Gasteiger partial charge in [0.15, 0.2) is 0 Å². The number of amides is 1. The summed E-state index contributed by atoms with van der Waals surface area (Å²) in [4.78, 5) is 14.3. The molecule has 2 aromatic rings. The molecule has 3 rings (SSSR count). The van der Waals surface area contributed by atoms with E-state index < -0.39 is 0 Å². The summed E-state index contributed by atoms with van der Waals surface area (Å²) in [5, 5.41) is 0.00139. The molecular weight excluding hydrogens is 280 g/mol. The van der Waals surface area contributed by atoms with Crippen LogP contribution in [0.3, 0.4) is 0 Å². The molecule has 1 heterocycles. The molecule has 0 aromatic heterocycles. The van der Waals surface area contributed by atoms with Crippen LogP contribution < -0.4 is 10.6 Å². The van der Waals surface area contributed by atoms with E-state index in [0.29, 0.717) is 5.75 Å². The second-order valence-corrected chi connectivity index (χ2v) is 6.46. The molecule has 21 heavy (non-hydrogen) atoms. The molecule has 3 nitrogen and oxygen atoms in total. The van der Waals surface area contributed by atoms with Gasteiger partial charge in [0, 0.05) is 11.4 Å². The molecule has 1 aliphatic rings. The van der Waals surface area contributed by atoms with Gasteiger partial charge >= 0.3 is 0 Å². The summed E-state index contributed by atoms with van der Waals surface area (Å²) in [7, 11) is 0. The number of carbonyl (C=O) groups is 1. The zero-order valence-electron chi connectivity index (χ0n) is 12.2. The Labute approximate surface area is 129 Å². The monoisotopic (exact) mass is 298 g/mol. The smallest absolute Gasteiger partial charge is 0.238 e. The van der Waals surface area contributed by atoms with Crippen LogP contribution in [0.1, 0.15) is 22.1 Å². The van der Waals surface area contributed by atoms with E-state index in [4.69, 9.17) is 5.73 Å². The molecule has 1 amide bonds. The van der Waals surface area contributed by atoms with Crippen molar-refractivity contribution in [2.75, 3.05) is 16.4 Å². The molecule has 0 bridgehead atoms. The van der Waals surface area contributed by atoms with Gasteiger partial charge in [0.25, 0.3) is 0 Å². The number of nitrogens with zero attached hydrogens (tertiary/aromatic N) is 1. The summed E-state index contributed by atoms with van der Waals surface area (Å²) < 4.78 is 0. The van der Waals surface area contributed by atoms with Gasteiger partial charge in [-0.15, -0.1) is 11.8 Å². The van der Waals surface area contributed by atoms with Crippen molar-refractivity contribution < 1.29 is 4.79 Å². The van der Waals surface area contributed by atoms with Crippen LogP contribution in [0.2, 0.25) is 0 Å². The van der Waals surface area contributed by atoms with Crippen LogP contribution in [0.25, 0.3) is 0 Å². The van der Waals surface area contributed by atoms with Gasteiger partial charge in [0.1, 0.15) is 5.37 Å². The predicted molar refractivity (Wildman–Crippen MR) is 89.5 cm³/mol. The van der Waals surface area contributed by atoms with E-state index in [0.717, 1.165) is 28.1 Å². The lowest BCUT2D eigenvalue weighted by Crippen LogP contribution is -2.28. The largest absolute Gasteiger partial charge is 0.399 e. The van der Waals surface area contributed by atoms with E-state index in [-0.39, 0.29) is 11.3 Å². The molecule has 0 saturated carbocycles. The normalized spacial score (nSPS) is 18.3. The number of rotatable bonds is 2. The minimum Gasteiger partial charge on any atom is -0.399 e. The summed E-state index contributed by atoms with van der Waals surface area (Å²) in [5.41, 5.74) is 11.0. The first kappa shape index (κ1) is 14.0. The predicted octanol–water partition coefficient (Wildman–Crippen LogP) is 3.66. The number of hydrogen-bond acceptors (Lipinski definition) is 3. The van der Waals surface area contributed by atoms with Crippen molar-refractivity contribution in [3.05, 3.63) is 59.2 Å². The van der Waals surface area contributed by atoms with Crippen LogP contribution in [0, 0.1) is 13.8 Å². The molecular formula is C17H18N2OS. The number of thioether (sulfide) groups is 1. The van der Waals surface area contributed by atoms with E-state index in [1.807, 2.05) is 43.0 Å². The first-order chi connectivity index (χ1) is 10.1. The average molecular weight is 298 g/mol. The topological polar surface area (TPSA) is 46.3 Å². The number of nitrogen functional groups attached to an aromatic ring is 1. The van der Waals surface area contributed by atoms with E-state index in [9.17, 15) is 4.79 Å². The molecule has 108 valence electrons. The van der Waals surface area contributed by atoms with Crippen molar-refractivity contribution in [1.82, 2.24) is 0 Å². The maximum atomic E-state index is 12.4. The molecule has 1 fully saturated rings. The van der Waals surface area contributed by atoms with Crippen molar-refractivity contribution >= 4 is 29.0 Å². The van der Waals surface area contributed by atoms with Gasteiger partial charge < -0.3 is 5.73 Å². The van der Waals surface area contributed by atoms with Gasteiger partial charge in [-0.1, -0.05) is 24.3 Å². The Morgan fingerprint density at radius 2 is 2.00 bits per heavy atom. The van der Waals surface area contributed by atoms with Crippen LogP contribution in [-0.2, 0) is 4.79 Å². The van der Waals surface area contributed by atoms with Crippen LogP contribution in [-0.4, -0.2) is 11.7 Å². The molecule has 4 heteroatoms. The number of hydrogen-bond donors (Lipinski definition) is 1. The second-order valence-electron chi connectivity index (χ2n) is 5.39. The van der Waals surface area contributed by atoms with Gasteiger partial charge in [-0.25, -0.2) is 0 Å². The molecule has 0 spiro atoms. The lowest BCUT2D eigenvalue weighted by atomic mass is 10.1. The molecule has 0 unspecified atom stereocenters. The van der Waals surface area contributed by atoms with Crippen molar-refractivity contribution in [1.29, 1.82) is 0 Å². The zero-order chi connectivity index (χ0) is 15.0. The summed E-state index contributed by atoms with van der Waals surface area (Å²) in [6.07, 6.45) is 0. The Hall–Kier alpha value is -1.94. The molecule has 2 aromatic carbocycles. The fourth-order valence-corrected chi connectivity index (χ4v) is 3.78. The quantitative estimate of drug-likeness (QED) is 0.861. The Kier molecular flexibility index (Phi) is 3.64. The van der Waals surface area contributed by atoms with E-state index in [1.54, 1.807) is 11.8 Å². The third kappa shape index (κ3) is 2.63. The Bertz CT molecular complexity index is 699. The van der Waals surface area contributed by atoms with E-state index in [1.165, 1.54) is 0 Å². The van der Waals surface area contributed by atoms with Gasteiger partial charge in [0.2, 0.25) is 5.91 Å². The second kappa shape index (κ2) is 5.45. The first-order valence-corrected chi connectivity index (χ1v) is 7.97. The maximum absolute atomic E-state index is 12.4. The zero-order valence-corrected chi connectivity index (χ0v) is 13.0. The lowest BCUT2D eigenvalue weighted by molar-refractivity contribution is -0.115. The minimum absolute atomic E-state index is 0.00139. The highest BCUT2D eigenvalue weighted by atomic mass is 32.2. The van der Waals surface area contributed by atoms with Gasteiger partial charge in [-0.05, 0) is 48.7 Å². The van der Waals surface area contributed by atoms with Crippen molar-refractivity contribution in [2.45, 2.75) is 19.2 Å². The van der Waals surface area contributed by atoms with Gasteiger partial charge in [0.05, 0.1) is 5.75 Å². The highest BCUT2D eigenvalue weighted by molar-refractivity contribution is 8.00. The number of benzene rings is 2. The number of aryl methyl sites for hydroxylation is 2. The third-order valence-corrected chi connectivity index (χ3v) is 4.90. The Balaban J connectivity index is 2.06. The minimum atomic E-state index is 0.00139. The fraction of sp³-hybridized carbons (Fsp3) is 0.235. The van der Waals surface area contributed by atoms with Gasteiger partial charge in [-0.2, -0.15) is 0 Å². The van der Waals surface area contributed by atoms with E-state index >= 15 is 0 Å². The molecule has 1 atom stereocenters. The highest BCUT2D eigenvalue weighted by Crippen LogP contribution is 2.43. The first-order valence-electron chi connectivity index (χ1n) is 6.92. The standard InChI is InChI=1S/C17H18N2OS/c1-11-6-7-12(2)15(8-11)19-16(20)10-21-17(19)13-4-3-5-14(18)9-13/h3-9,17H,10,18H2,1-2H3/t17-/m1/s1. The van der Waals surface area contributed by atoms with Crippen LogP contribution >= 0.6 is 11.8 Å². The number of carbonyl (C=O) groups excluding carboxylic acids is 1. The Morgan fingerprint density at radius 3 is 2.76 bits per heavy atom. The number of anilines is 2. The lowest BCUT2D eigenvalue weighted by Gasteiger charge is -2.26. The van der Waals surface area contributed by atoms with Crippen molar-refractivity contribution in [2.24, 2.45) is 0 Å². The summed E-state index contributed by atoms with van der Waals surface area (Å²) >= 11 is 1.65. The van der Waals surface area contributed by atoms with Crippen LogP contribution in [0.4, 0.5) is 11.4 Å². The Morgan fingerprint density at radius 1 is 1.19 bits per heavy atom. The van der Waals surface area contributed by atoms with Crippen molar-refractivity contribution in [3.8, 4) is 0 Å². The molecule has 1 saturated heterocycles. The summed E-state index contributed by atoms with van der Waals surface area (Å²) in [6.45, 7) is 4.09. The maximum Gasteiger partial charge on any atom is 0.238 e. The number of nitrogens with two attached hydrogens (primary N) is 1. The SMILES string of the molecule is Cc1ccc(C)c(N2C(=O)CS[C@@H]2c2cccc(N)c2)c1. The summed E-state index contributed by atoms with van der Waals surface area (Å²) in [5.74, 6) is 0.661. The fourth-order valence-electron chi connectivity index (χ4n) is 2.62. The third-order valence-electron chi connectivity index (χ3n) is 3.69. The van der Waals surface area contributed by atoms with Crippen LogP contribution in [0.5, 0.6) is 0 Å². The molecule has 0 aliphatic carbocycles. The van der Waals surface area contributed by atoms with Crippen LogP contribution in [0.15, 0.2) is 42.5 Å². The molecule has 2 N–H and O–H groups in total. The van der Waals surface area contributed by atoms with Gasteiger partial charge in [-0.3, -0.25) is 9.69 Å². The van der Waals surface area contributed by atoms with Crippen molar-refractivity contribution in [3.63, 3.8) is 0 Å². The summed E-state index contributed by atoms with van der Waals surface area (Å²) in [6, 6.07) is 14.0. The molecule has 1 aliphatic heterocycles. The highest BCUT2D eigenvalue weighted by Gasteiger charge is 2.34.